The van der Waals surface area contributed by atoms with E-state index in [2.05, 4.69) is 0 Å². The van der Waals surface area contributed by atoms with Crippen LogP contribution in [0.2, 0.25) is 0 Å². The Morgan fingerprint density at radius 1 is 0.484 bits per heavy atom. The minimum absolute atomic E-state index is 0.737. The summed E-state index contributed by atoms with van der Waals surface area (Å²) in [5, 5.41) is 0. The van der Waals surface area contributed by atoms with Crippen molar-refractivity contribution in [3.8, 4) is 0 Å². The van der Waals surface area contributed by atoms with Crippen molar-refractivity contribution in [2.45, 2.75) is 77.0 Å². The maximum atomic E-state index is 6.00. The van der Waals surface area contributed by atoms with Crippen molar-refractivity contribution in [3.05, 3.63) is 47.5 Å². The van der Waals surface area contributed by atoms with Crippen LogP contribution in [0, 0.1) is 0 Å². The van der Waals surface area contributed by atoms with E-state index in [1.807, 2.05) is 36.4 Å². The minimum Gasteiger partial charge on any atom is -0.399 e. The average molecular weight is 427 g/mol. The summed E-state index contributed by atoms with van der Waals surface area (Å²) in [7, 11) is 0. The third-order valence-electron chi connectivity index (χ3n) is 5.81. The molecule has 0 unspecified atom stereocenters. The first-order chi connectivity index (χ1) is 15.1. The summed E-state index contributed by atoms with van der Waals surface area (Å²) in [4.78, 5) is 0. The molecule has 0 fully saturated rings. The number of nitrogen functional groups attached to an aromatic ring is 4. The van der Waals surface area contributed by atoms with Gasteiger partial charge in [0.1, 0.15) is 0 Å². The highest BCUT2D eigenvalue weighted by molar-refractivity contribution is 5.57. The van der Waals surface area contributed by atoms with Gasteiger partial charge in [0.15, 0.2) is 0 Å². The largest absolute Gasteiger partial charge is 0.399 e. The van der Waals surface area contributed by atoms with Crippen LogP contribution in [0.3, 0.4) is 0 Å². The molecule has 5 heteroatoms. The first-order valence-corrected chi connectivity index (χ1v) is 11.9. The Kier molecular flexibility index (Phi) is 11.7. The van der Waals surface area contributed by atoms with E-state index in [-0.39, 0.29) is 0 Å². The van der Waals surface area contributed by atoms with Crippen LogP contribution in [0.5, 0.6) is 0 Å². The second-order valence-electron chi connectivity index (χ2n) is 8.56. The molecule has 0 aliphatic rings. The Labute approximate surface area is 188 Å². The molecule has 2 aromatic rings. The zero-order valence-corrected chi connectivity index (χ0v) is 19.1. The molecule has 0 amide bonds. The van der Waals surface area contributed by atoms with Gasteiger partial charge in [-0.05, 0) is 73.9 Å². The molecule has 0 aromatic heterocycles. The van der Waals surface area contributed by atoms with E-state index in [1.165, 1.54) is 62.5 Å². The molecule has 0 saturated heterocycles. The van der Waals surface area contributed by atoms with Crippen LogP contribution in [0.15, 0.2) is 36.4 Å². The topological polar surface area (TPSA) is 113 Å². The van der Waals surface area contributed by atoms with E-state index in [4.69, 9.17) is 27.7 Å². The second kappa shape index (κ2) is 14.6. The summed E-state index contributed by atoms with van der Waals surface area (Å²) in [5.74, 6) is 0. The Morgan fingerprint density at radius 3 is 1.29 bits per heavy atom. The van der Waals surface area contributed by atoms with Crippen LogP contribution in [-0.2, 0) is 17.6 Å². The summed E-state index contributed by atoms with van der Waals surface area (Å²) in [6, 6.07) is 11.7. The molecule has 0 aliphatic carbocycles. The number of rotatable bonds is 16. The normalized spacial score (nSPS) is 11.1. The van der Waals surface area contributed by atoms with Gasteiger partial charge in [0.2, 0.25) is 0 Å². The van der Waals surface area contributed by atoms with Gasteiger partial charge in [-0.1, -0.05) is 50.7 Å². The predicted molar refractivity (Wildman–Crippen MR) is 135 cm³/mol. The lowest BCUT2D eigenvalue weighted by molar-refractivity contribution is 0.125. The summed E-state index contributed by atoms with van der Waals surface area (Å²) in [6.45, 7) is 1.78. The first-order valence-electron chi connectivity index (χ1n) is 11.9. The van der Waals surface area contributed by atoms with Crippen LogP contribution in [0.1, 0.15) is 75.3 Å². The number of benzene rings is 2. The molecule has 0 bridgehead atoms. The monoisotopic (exact) mass is 426 g/mol. The number of hydrogen-bond acceptors (Lipinski definition) is 5. The van der Waals surface area contributed by atoms with E-state index in [1.54, 1.807) is 0 Å². The second-order valence-corrected chi connectivity index (χ2v) is 8.56. The Hall–Kier alpha value is -2.40. The van der Waals surface area contributed by atoms with E-state index in [0.717, 1.165) is 61.6 Å². The summed E-state index contributed by atoms with van der Waals surface area (Å²) in [6.07, 6.45) is 14.2. The van der Waals surface area contributed by atoms with Crippen molar-refractivity contribution >= 4 is 22.7 Å². The number of aryl methyl sites for hydroxylation is 2. The van der Waals surface area contributed by atoms with E-state index in [0.29, 0.717) is 0 Å². The molecular weight excluding hydrogens is 384 g/mol. The smallest absolute Gasteiger partial charge is 0.0466 e. The Balaban J connectivity index is 1.33. The van der Waals surface area contributed by atoms with E-state index >= 15 is 0 Å². The fourth-order valence-electron chi connectivity index (χ4n) is 3.88. The van der Waals surface area contributed by atoms with Gasteiger partial charge in [0, 0.05) is 36.0 Å². The Bertz CT molecular complexity index is 700. The van der Waals surface area contributed by atoms with Crippen molar-refractivity contribution in [3.63, 3.8) is 0 Å². The van der Waals surface area contributed by atoms with Gasteiger partial charge in [-0.25, -0.2) is 0 Å². The van der Waals surface area contributed by atoms with Gasteiger partial charge in [0.05, 0.1) is 0 Å². The predicted octanol–water partition coefficient (Wildman–Crippen LogP) is 5.72. The molecule has 172 valence electrons. The highest BCUT2D eigenvalue weighted by Crippen LogP contribution is 2.19. The van der Waals surface area contributed by atoms with Crippen molar-refractivity contribution in [1.82, 2.24) is 0 Å². The van der Waals surface area contributed by atoms with Gasteiger partial charge in [-0.3, -0.25) is 0 Å². The van der Waals surface area contributed by atoms with Crippen molar-refractivity contribution in [2.24, 2.45) is 0 Å². The van der Waals surface area contributed by atoms with Crippen LogP contribution >= 0.6 is 0 Å². The van der Waals surface area contributed by atoms with Crippen molar-refractivity contribution in [1.29, 1.82) is 0 Å². The summed E-state index contributed by atoms with van der Waals surface area (Å²) < 4.78 is 5.78. The fourth-order valence-corrected chi connectivity index (χ4v) is 3.88. The van der Waals surface area contributed by atoms with Gasteiger partial charge < -0.3 is 27.7 Å². The molecule has 2 rings (SSSR count). The first kappa shape index (κ1) is 24.9. The van der Waals surface area contributed by atoms with E-state index in [9.17, 15) is 0 Å². The molecule has 8 N–H and O–H groups in total. The molecule has 5 nitrogen and oxygen atoms in total. The molecule has 0 aliphatic heterocycles. The zero-order valence-electron chi connectivity index (χ0n) is 19.1. The van der Waals surface area contributed by atoms with Gasteiger partial charge in [0.25, 0.3) is 0 Å². The van der Waals surface area contributed by atoms with Crippen molar-refractivity contribution in [2.75, 3.05) is 36.1 Å². The lowest BCUT2D eigenvalue weighted by Crippen LogP contribution is -1.98. The lowest BCUT2D eigenvalue weighted by Gasteiger charge is -2.07. The number of anilines is 4. The van der Waals surface area contributed by atoms with Gasteiger partial charge in [-0.15, -0.1) is 0 Å². The Morgan fingerprint density at radius 2 is 0.871 bits per heavy atom. The van der Waals surface area contributed by atoms with Gasteiger partial charge >= 0.3 is 0 Å². The third kappa shape index (κ3) is 10.5. The SMILES string of the molecule is Nc1ccc(CCCCCCCOCCCCCCCc2ccc(N)cc2N)c(N)c1. The molecule has 2 aromatic carbocycles. The molecule has 0 spiro atoms. The quantitative estimate of drug-likeness (QED) is 0.202. The summed E-state index contributed by atoms with van der Waals surface area (Å²) in [5.41, 5.74) is 29.0. The van der Waals surface area contributed by atoms with Crippen molar-refractivity contribution < 1.29 is 4.74 Å². The summed E-state index contributed by atoms with van der Waals surface area (Å²) >= 11 is 0. The molecule has 0 atom stereocenters. The van der Waals surface area contributed by atoms with Crippen LogP contribution in [-0.4, -0.2) is 13.2 Å². The lowest BCUT2D eigenvalue weighted by atomic mass is 10.0. The van der Waals surface area contributed by atoms with Gasteiger partial charge in [-0.2, -0.15) is 0 Å². The molecule has 0 saturated carbocycles. The molecule has 31 heavy (non-hydrogen) atoms. The number of nitrogens with two attached hydrogens (primary N) is 4. The maximum Gasteiger partial charge on any atom is 0.0466 e. The number of ether oxygens (including phenoxy) is 1. The zero-order chi connectivity index (χ0) is 22.3. The minimum atomic E-state index is 0.737. The van der Waals surface area contributed by atoms with Crippen LogP contribution in [0.25, 0.3) is 0 Å². The standard InChI is InChI=1S/C26H42N4O/c27-23-15-13-21(25(29)19-23)11-7-3-1-5-9-17-31-18-10-6-2-4-8-12-22-14-16-24(28)20-26(22)30/h13-16,19-20H,1-12,17-18,27-30H2. The highest BCUT2D eigenvalue weighted by Gasteiger charge is 2.01. The third-order valence-corrected chi connectivity index (χ3v) is 5.81. The molecular formula is C26H42N4O. The van der Waals surface area contributed by atoms with Crippen LogP contribution in [0.4, 0.5) is 22.7 Å². The molecule has 0 heterocycles. The van der Waals surface area contributed by atoms with Crippen LogP contribution < -0.4 is 22.9 Å². The average Bonchev–Trinajstić information content (AvgIpc) is 2.73. The number of hydrogen-bond donors (Lipinski definition) is 4. The maximum absolute atomic E-state index is 6.00. The number of unbranched alkanes of at least 4 members (excludes halogenated alkanes) is 8. The van der Waals surface area contributed by atoms with E-state index < -0.39 is 0 Å². The highest BCUT2D eigenvalue weighted by atomic mass is 16.5. The fraction of sp³-hybridized carbons (Fsp3) is 0.538. The molecule has 0 radical (unpaired) electrons.